The van der Waals surface area contributed by atoms with Gasteiger partial charge in [0.1, 0.15) is 6.10 Å². The van der Waals surface area contributed by atoms with Gasteiger partial charge in [-0.15, -0.1) is 6.58 Å². The first-order valence-corrected chi connectivity index (χ1v) is 11.9. The summed E-state index contributed by atoms with van der Waals surface area (Å²) in [6, 6.07) is 9.44. The van der Waals surface area contributed by atoms with E-state index in [9.17, 15) is 15.0 Å². The Morgan fingerprint density at radius 1 is 1.16 bits per heavy atom. The molecule has 1 aromatic carbocycles. The molecule has 2 rings (SSSR count). The molecule has 0 saturated heterocycles. The topological polar surface area (TPSA) is 95.6 Å². The van der Waals surface area contributed by atoms with Gasteiger partial charge in [-0.25, -0.2) is 0 Å². The van der Waals surface area contributed by atoms with Gasteiger partial charge in [-0.1, -0.05) is 63.1 Å². The van der Waals surface area contributed by atoms with Crippen molar-refractivity contribution in [2.24, 2.45) is 23.5 Å². The van der Waals surface area contributed by atoms with Crippen LogP contribution in [0.2, 0.25) is 0 Å². The SMILES string of the molecule is C=CC[C@H](N)C(=O)N[C@@H](CC1CCC(Cc2ccccc2)CC1)[C@@H](O)[C@@H](O)CC(C)C. The molecule has 0 heterocycles. The number of carbonyl (C=O) groups is 1. The molecular weight excluding hydrogens is 388 g/mol. The molecule has 4 atom stereocenters. The van der Waals surface area contributed by atoms with Gasteiger partial charge in [-0.05, 0) is 61.8 Å². The first kappa shape index (κ1) is 25.6. The van der Waals surface area contributed by atoms with E-state index in [0.717, 1.165) is 32.1 Å². The number of rotatable bonds is 12. The summed E-state index contributed by atoms with van der Waals surface area (Å²) in [5, 5.41) is 24.3. The second-order valence-electron chi connectivity index (χ2n) is 9.75. The summed E-state index contributed by atoms with van der Waals surface area (Å²) >= 11 is 0. The molecule has 5 heteroatoms. The molecule has 5 N–H and O–H groups in total. The molecule has 0 radical (unpaired) electrons. The highest BCUT2D eigenvalue weighted by atomic mass is 16.3. The van der Waals surface area contributed by atoms with E-state index in [0.29, 0.717) is 31.1 Å². The smallest absolute Gasteiger partial charge is 0.237 e. The van der Waals surface area contributed by atoms with Crippen LogP contribution in [0.15, 0.2) is 43.0 Å². The molecule has 0 aliphatic heterocycles. The van der Waals surface area contributed by atoms with Crippen LogP contribution in [0.25, 0.3) is 0 Å². The lowest BCUT2D eigenvalue weighted by molar-refractivity contribution is -0.125. The van der Waals surface area contributed by atoms with Crippen molar-refractivity contribution in [3.05, 3.63) is 48.6 Å². The first-order valence-electron chi connectivity index (χ1n) is 11.9. The molecule has 31 heavy (non-hydrogen) atoms. The van der Waals surface area contributed by atoms with Crippen molar-refractivity contribution >= 4 is 5.91 Å². The maximum absolute atomic E-state index is 12.5. The van der Waals surface area contributed by atoms with Crippen molar-refractivity contribution in [3.63, 3.8) is 0 Å². The first-order chi connectivity index (χ1) is 14.8. The van der Waals surface area contributed by atoms with E-state index in [1.165, 1.54) is 5.56 Å². The minimum atomic E-state index is -0.996. The fraction of sp³-hybridized carbons (Fsp3) is 0.654. The van der Waals surface area contributed by atoms with E-state index in [1.54, 1.807) is 6.08 Å². The Labute approximate surface area is 188 Å². The molecule has 1 amide bonds. The second-order valence-corrected chi connectivity index (χ2v) is 9.75. The van der Waals surface area contributed by atoms with E-state index in [2.05, 4.69) is 42.2 Å². The second kappa shape index (κ2) is 13.0. The average molecular weight is 431 g/mol. The predicted molar refractivity (Wildman–Crippen MR) is 126 cm³/mol. The molecule has 5 nitrogen and oxygen atoms in total. The summed E-state index contributed by atoms with van der Waals surface area (Å²) in [5.41, 5.74) is 7.32. The third-order valence-electron chi connectivity index (χ3n) is 6.53. The zero-order chi connectivity index (χ0) is 22.8. The van der Waals surface area contributed by atoms with Crippen LogP contribution in [0, 0.1) is 17.8 Å². The number of benzene rings is 1. The zero-order valence-corrected chi connectivity index (χ0v) is 19.2. The molecule has 0 bridgehead atoms. The Balaban J connectivity index is 1.95. The summed E-state index contributed by atoms with van der Waals surface area (Å²) in [7, 11) is 0. The zero-order valence-electron chi connectivity index (χ0n) is 19.2. The lowest BCUT2D eigenvalue weighted by Gasteiger charge is -2.35. The molecule has 1 aromatic rings. The maximum atomic E-state index is 12.5. The van der Waals surface area contributed by atoms with Gasteiger partial charge < -0.3 is 21.3 Å². The minimum Gasteiger partial charge on any atom is -0.390 e. The van der Waals surface area contributed by atoms with Gasteiger partial charge in [-0.3, -0.25) is 4.79 Å². The molecule has 1 aliphatic carbocycles. The standard InChI is InChI=1S/C26H42N2O3/c1-4-8-22(27)26(31)28-23(25(30)24(29)15-18(2)3)17-21-13-11-20(12-14-21)16-19-9-6-5-7-10-19/h4-7,9-10,18,20-25,29-30H,1,8,11-17,27H2,2-3H3,(H,28,31)/t20?,21?,22-,23-,24-,25+/m0/s1. The number of nitrogens with two attached hydrogens (primary N) is 1. The fourth-order valence-corrected chi connectivity index (χ4v) is 4.73. The third-order valence-corrected chi connectivity index (χ3v) is 6.53. The maximum Gasteiger partial charge on any atom is 0.237 e. The van der Waals surface area contributed by atoms with Gasteiger partial charge >= 0.3 is 0 Å². The Kier molecular flexibility index (Phi) is 10.7. The van der Waals surface area contributed by atoms with Crippen molar-refractivity contribution in [2.75, 3.05) is 0 Å². The number of nitrogens with one attached hydrogen (secondary N) is 1. The number of hydrogen-bond donors (Lipinski definition) is 4. The molecule has 0 unspecified atom stereocenters. The Morgan fingerprint density at radius 3 is 2.35 bits per heavy atom. The molecular formula is C26H42N2O3. The van der Waals surface area contributed by atoms with Crippen LogP contribution in [0.3, 0.4) is 0 Å². The fourth-order valence-electron chi connectivity index (χ4n) is 4.73. The summed E-state index contributed by atoms with van der Waals surface area (Å²) in [6.45, 7) is 7.66. The summed E-state index contributed by atoms with van der Waals surface area (Å²) < 4.78 is 0. The summed E-state index contributed by atoms with van der Waals surface area (Å²) in [5.74, 6) is 1.08. The van der Waals surface area contributed by atoms with E-state index in [1.807, 2.05) is 13.8 Å². The molecule has 174 valence electrons. The van der Waals surface area contributed by atoms with Crippen molar-refractivity contribution in [1.82, 2.24) is 5.32 Å². The lowest BCUT2D eigenvalue weighted by atomic mass is 9.76. The molecule has 1 fully saturated rings. The van der Waals surface area contributed by atoms with Crippen LogP contribution >= 0.6 is 0 Å². The van der Waals surface area contributed by atoms with Crippen LogP contribution in [0.5, 0.6) is 0 Å². The van der Waals surface area contributed by atoms with Gasteiger partial charge in [0, 0.05) is 0 Å². The van der Waals surface area contributed by atoms with Gasteiger partial charge in [0.2, 0.25) is 5.91 Å². The van der Waals surface area contributed by atoms with Gasteiger partial charge in [0.05, 0.1) is 18.2 Å². The van der Waals surface area contributed by atoms with E-state index in [4.69, 9.17) is 5.73 Å². The van der Waals surface area contributed by atoms with E-state index >= 15 is 0 Å². The lowest BCUT2D eigenvalue weighted by Crippen LogP contribution is -2.53. The molecule has 1 saturated carbocycles. The monoisotopic (exact) mass is 430 g/mol. The number of hydrogen-bond acceptors (Lipinski definition) is 4. The van der Waals surface area contributed by atoms with Crippen LogP contribution < -0.4 is 11.1 Å². The highest BCUT2D eigenvalue weighted by Gasteiger charge is 2.32. The minimum absolute atomic E-state index is 0.262. The Bertz CT molecular complexity index is 656. The van der Waals surface area contributed by atoms with Crippen molar-refractivity contribution in [3.8, 4) is 0 Å². The van der Waals surface area contributed by atoms with Crippen LogP contribution in [-0.4, -0.2) is 40.4 Å². The summed E-state index contributed by atoms with van der Waals surface area (Å²) in [6.07, 6.45) is 6.88. The highest BCUT2D eigenvalue weighted by molar-refractivity contribution is 5.82. The predicted octanol–water partition coefficient (Wildman–Crippen LogP) is 3.58. The van der Waals surface area contributed by atoms with Crippen molar-refractivity contribution < 1.29 is 15.0 Å². The molecule has 0 spiro atoms. The number of aliphatic hydroxyl groups excluding tert-OH is 2. The van der Waals surface area contributed by atoms with E-state index in [-0.39, 0.29) is 11.8 Å². The number of aliphatic hydroxyl groups is 2. The van der Waals surface area contributed by atoms with Crippen LogP contribution in [0.4, 0.5) is 0 Å². The van der Waals surface area contributed by atoms with Gasteiger partial charge in [0.15, 0.2) is 0 Å². The van der Waals surface area contributed by atoms with Crippen LogP contribution in [0.1, 0.15) is 64.4 Å². The van der Waals surface area contributed by atoms with Gasteiger partial charge in [-0.2, -0.15) is 0 Å². The Hall–Kier alpha value is -1.69. The largest absolute Gasteiger partial charge is 0.390 e. The highest BCUT2D eigenvalue weighted by Crippen LogP contribution is 2.34. The Morgan fingerprint density at radius 2 is 1.77 bits per heavy atom. The normalized spacial score (nSPS) is 23.0. The number of carbonyl (C=O) groups excluding carboxylic acids is 1. The molecule has 0 aromatic heterocycles. The summed E-state index contributed by atoms with van der Waals surface area (Å²) in [4.78, 5) is 12.5. The average Bonchev–Trinajstić information content (AvgIpc) is 2.74. The van der Waals surface area contributed by atoms with Gasteiger partial charge in [0.25, 0.3) is 0 Å². The van der Waals surface area contributed by atoms with E-state index < -0.39 is 24.3 Å². The van der Waals surface area contributed by atoms with Crippen molar-refractivity contribution in [2.45, 2.75) is 89.5 Å². The third kappa shape index (κ3) is 8.76. The number of amides is 1. The van der Waals surface area contributed by atoms with Crippen LogP contribution in [-0.2, 0) is 11.2 Å². The molecule has 1 aliphatic rings. The quantitative estimate of drug-likeness (QED) is 0.381. The van der Waals surface area contributed by atoms with Crippen molar-refractivity contribution in [1.29, 1.82) is 0 Å².